The van der Waals surface area contributed by atoms with Crippen LogP contribution in [-0.2, 0) is 0 Å². The minimum Gasteiger partial charge on any atom is -0.374 e. The van der Waals surface area contributed by atoms with Crippen LogP contribution in [0.25, 0.3) is 55.8 Å². The van der Waals surface area contributed by atoms with Gasteiger partial charge in [0.15, 0.2) is 11.5 Å². The molecule has 6 aromatic rings. The third kappa shape index (κ3) is 3.64. The van der Waals surface area contributed by atoms with Crippen molar-refractivity contribution in [3.63, 3.8) is 0 Å². The third-order valence-corrected chi connectivity index (χ3v) is 7.68. The fraction of sp³-hybridized carbons (Fsp3) is 0.185. The van der Waals surface area contributed by atoms with Gasteiger partial charge in [0, 0.05) is 34.8 Å². The van der Waals surface area contributed by atoms with Crippen LogP contribution in [0.1, 0.15) is 19.3 Å². The molecule has 1 unspecified atom stereocenters. The van der Waals surface area contributed by atoms with Gasteiger partial charge in [-0.3, -0.25) is 10.1 Å². The van der Waals surface area contributed by atoms with E-state index in [4.69, 9.17) is 4.98 Å². The van der Waals surface area contributed by atoms with Crippen molar-refractivity contribution < 1.29 is 5.11 Å². The number of fused-ring (bicyclic) bond motifs is 2. The summed E-state index contributed by atoms with van der Waals surface area (Å²) in [5.74, 6) is 0.984. The molecule has 1 saturated carbocycles. The molecule has 7 rings (SSSR count). The minimum atomic E-state index is -0.542. The van der Waals surface area contributed by atoms with E-state index in [2.05, 4.69) is 53.4 Å². The lowest BCUT2D eigenvalue weighted by atomic mass is 9.84. The zero-order valence-corrected chi connectivity index (χ0v) is 20.1. The maximum absolute atomic E-state index is 10.4. The van der Waals surface area contributed by atoms with Gasteiger partial charge in [0.2, 0.25) is 0 Å². The van der Waals surface area contributed by atoms with Crippen LogP contribution in [0.3, 0.4) is 0 Å². The van der Waals surface area contributed by atoms with Gasteiger partial charge in [-0.2, -0.15) is 16.4 Å². The van der Waals surface area contributed by atoms with Crippen molar-refractivity contribution in [2.75, 3.05) is 5.32 Å². The van der Waals surface area contributed by atoms with Gasteiger partial charge in [0.05, 0.1) is 22.9 Å². The van der Waals surface area contributed by atoms with Crippen molar-refractivity contribution in [2.24, 2.45) is 5.92 Å². The quantitative estimate of drug-likeness (QED) is 0.217. The first-order chi connectivity index (χ1) is 17.7. The number of rotatable bonds is 6. The Morgan fingerprint density at radius 1 is 1.06 bits per heavy atom. The molecule has 0 aliphatic heterocycles. The van der Waals surface area contributed by atoms with E-state index in [1.807, 2.05) is 30.5 Å². The summed E-state index contributed by atoms with van der Waals surface area (Å²) in [5.41, 5.74) is 8.20. The molecule has 0 saturated heterocycles. The summed E-state index contributed by atoms with van der Waals surface area (Å²) in [6.45, 7) is 0. The topological polar surface area (TPSA) is 115 Å². The Balaban J connectivity index is 1.26. The molecule has 1 atom stereocenters. The number of anilines is 1. The molecular formula is C27H23N7OS. The molecule has 9 heteroatoms. The smallest absolute Gasteiger partial charge is 0.178 e. The van der Waals surface area contributed by atoms with Crippen LogP contribution in [0.15, 0.2) is 65.7 Å². The third-order valence-electron chi connectivity index (χ3n) is 6.99. The number of aromatic amines is 2. The molecule has 1 aromatic carbocycles. The molecule has 0 radical (unpaired) electrons. The zero-order valence-electron chi connectivity index (χ0n) is 19.3. The second-order valence-electron chi connectivity index (χ2n) is 9.23. The molecule has 36 heavy (non-hydrogen) atoms. The van der Waals surface area contributed by atoms with Crippen LogP contribution in [0.2, 0.25) is 0 Å². The number of thiophene rings is 1. The first-order valence-electron chi connectivity index (χ1n) is 12.0. The Hall–Kier alpha value is -4.08. The summed E-state index contributed by atoms with van der Waals surface area (Å²) in [7, 11) is 0. The van der Waals surface area contributed by atoms with Crippen molar-refractivity contribution in [1.29, 1.82) is 0 Å². The maximum Gasteiger partial charge on any atom is 0.178 e. The van der Waals surface area contributed by atoms with Crippen LogP contribution in [0.4, 0.5) is 5.69 Å². The van der Waals surface area contributed by atoms with E-state index in [0.29, 0.717) is 17.4 Å². The Bertz CT molecular complexity index is 1680. The Kier molecular flexibility index (Phi) is 5.04. The number of hydrogen-bond donors (Lipinski definition) is 4. The fourth-order valence-corrected chi connectivity index (χ4v) is 5.43. The van der Waals surface area contributed by atoms with E-state index in [1.54, 1.807) is 23.7 Å². The van der Waals surface area contributed by atoms with Crippen LogP contribution in [0.5, 0.6) is 0 Å². The molecule has 8 nitrogen and oxygen atoms in total. The van der Waals surface area contributed by atoms with Crippen molar-refractivity contribution in [2.45, 2.75) is 25.5 Å². The van der Waals surface area contributed by atoms with Gasteiger partial charge in [0.1, 0.15) is 11.9 Å². The van der Waals surface area contributed by atoms with Crippen molar-refractivity contribution in [3.8, 4) is 33.8 Å². The second kappa shape index (κ2) is 8.54. The van der Waals surface area contributed by atoms with Crippen molar-refractivity contribution >= 4 is 39.1 Å². The molecule has 0 bridgehead atoms. The lowest BCUT2D eigenvalue weighted by molar-refractivity contribution is 0.0851. The SMILES string of the molecule is OC(Nc1cncc(-c2ccc3[nH]nc(-c4nc5nccc(-c6ccsc6)c5[nH]4)c3c2)c1)C1CCC1. The van der Waals surface area contributed by atoms with Crippen molar-refractivity contribution in [1.82, 2.24) is 30.1 Å². The van der Waals surface area contributed by atoms with Crippen LogP contribution < -0.4 is 5.32 Å². The molecule has 178 valence electrons. The lowest BCUT2D eigenvalue weighted by Crippen LogP contribution is -2.33. The average molecular weight is 494 g/mol. The number of imidazole rings is 1. The monoisotopic (exact) mass is 493 g/mol. The summed E-state index contributed by atoms with van der Waals surface area (Å²) in [6, 6.07) is 12.3. The number of H-pyrrole nitrogens is 2. The van der Waals surface area contributed by atoms with Gasteiger partial charge < -0.3 is 15.4 Å². The van der Waals surface area contributed by atoms with E-state index in [0.717, 1.165) is 62.9 Å². The predicted molar refractivity (Wildman–Crippen MR) is 142 cm³/mol. The Morgan fingerprint density at radius 2 is 2.00 bits per heavy atom. The van der Waals surface area contributed by atoms with Crippen LogP contribution >= 0.6 is 11.3 Å². The highest BCUT2D eigenvalue weighted by atomic mass is 32.1. The Labute approximate surface area is 210 Å². The van der Waals surface area contributed by atoms with E-state index in [1.165, 1.54) is 6.42 Å². The van der Waals surface area contributed by atoms with Crippen LogP contribution in [-0.4, -0.2) is 41.5 Å². The van der Waals surface area contributed by atoms with Gasteiger partial charge in [-0.1, -0.05) is 12.5 Å². The number of aromatic nitrogens is 6. The van der Waals surface area contributed by atoms with Gasteiger partial charge in [-0.25, -0.2) is 9.97 Å². The predicted octanol–water partition coefficient (Wildman–Crippen LogP) is 5.82. The minimum absolute atomic E-state index is 0.317. The normalized spacial score (nSPS) is 14.8. The molecular weight excluding hydrogens is 470 g/mol. The van der Waals surface area contributed by atoms with E-state index < -0.39 is 6.23 Å². The highest BCUT2D eigenvalue weighted by molar-refractivity contribution is 7.08. The van der Waals surface area contributed by atoms with Gasteiger partial charge in [-0.05, 0) is 65.1 Å². The molecule has 5 heterocycles. The van der Waals surface area contributed by atoms with E-state index in [-0.39, 0.29) is 0 Å². The lowest BCUT2D eigenvalue weighted by Gasteiger charge is -2.31. The number of hydrogen-bond acceptors (Lipinski definition) is 7. The largest absolute Gasteiger partial charge is 0.374 e. The molecule has 1 aliphatic rings. The number of pyridine rings is 2. The average Bonchev–Trinajstić information content (AvgIpc) is 3.61. The highest BCUT2D eigenvalue weighted by Crippen LogP contribution is 2.34. The first-order valence-corrected chi connectivity index (χ1v) is 12.9. The molecule has 1 aliphatic carbocycles. The summed E-state index contributed by atoms with van der Waals surface area (Å²) in [4.78, 5) is 17.1. The van der Waals surface area contributed by atoms with E-state index in [9.17, 15) is 5.11 Å². The molecule has 0 amide bonds. The summed E-state index contributed by atoms with van der Waals surface area (Å²) in [6.07, 6.45) is 8.14. The second-order valence-corrected chi connectivity index (χ2v) is 10.0. The molecule has 4 N–H and O–H groups in total. The number of nitrogens with one attached hydrogen (secondary N) is 3. The Morgan fingerprint density at radius 3 is 2.83 bits per heavy atom. The number of nitrogens with zero attached hydrogens (tertiary/aromatic N) is 4. The number of aliphatic hydroxyl groups is 1. The van der Waals surface area contributed by atoms with E-state index >= 15 is 0 Å². The number of benzene rings is 1. The van der Waals surface area contributed by atoms with Gasteiger partial charge in [0.25, 0.3) is 0 Å². The summed E-state index contributed by atoms with van der Waals surface area (Å²) >= 11 is 1.66. The zero-order chi connectivity index (χ0) is 24.1. The molecule has 1 fully saturated rings. The summed E-state index contributed by atoms with van der Waals surface area (Å²) in [5, 5.41) is 26.5. The number of aliphatic hydroxyl groups excluding tert-OH is 1. The molecule has 5 aromatic heterocycles. The van der Waals surface area contributed by atoms with Gasteiger partial charge in [-0.15, -0.1) is 0 Å². The van der Waals surface area contributed by atoms with Gasteiger partial charge >= 0.3 is 0 Å². The standard InChI is InChI=1S/C27H23N7OS/c35-27(15-2-1-3-15)30-19-10-18(12-28-13-19)16-4-5-22-21(11-16)24(34-33-22)26-31-23-20(17-7-9-36-14-17)6-8-29-25(23)32-26/h4-15,27,30,35H,1-3H2,(H,33,34)(H,29,31,32). The first kappa shape index (κ1) is 21.2. The summed E-state index contributed by atoms with van der Waals surface area (Å²) < 4.78 is 0. The fourth-order valence-electron chi connectivity index (χ4n) is 4.78. The highest BCUT2D eigenvalue weighted by Gasteiger charge is 2.25. The van der Waals surface area contributed by atoms with Crippen molar-refractivity contribution in [3.05, 3.63) is 65.7 Å². The molecule has 0 spiro atoms. The maximum atomic E-state index is 10.4. The van der Waals surface area contributed by atoms with Crippen LogP contribution in [0, 0.1) is 5.92 Å².